The molecule has 1 aromatic rings. The first-order valence-electron chi connectivity index (χ1n) is 14.2. The van der Waals surface area contributed by atoms with Crippen molar-refractivity contribution in [2.75, 3.05) is 14.1 Å². The second kappa shape index (κ2) is 10.4. The number of nitrogens with zero attached hydrogens (tertiary/aromatic N) is 1. The van der Waals surface area contributed by atoms with Gasteiger partial charge in [0.2, 0.25) is 0 Å². The molecule has 0 aromatic heterocycles. The maximum absolute atomic E-state index is 12.7. The van der Waals surface area contributed by atoms with E-state index in [0.717, 1.165) is 29.6 Å². The predicted octanol–water partition coefficient (Wildman–Crippen LogP) is 6.47. The van der Waals surface area contributed by atoms with Crippen LogP contribution < -0.4 is 5.73 Å². The zero-order valence-electron chi connectivity index (χ0n) is 25.6. The van der Waals surface area contributed by atoms with E-state index < -0.39 is 17.6 Å². The Morgan fingerprint density at radius 3 is 2.26 bits per heavy atom. The van der Waals surface area contributed by atoms with Crippen LogP contribution in [0.3, 0.4) is 0 Å². The highest BCUT2D eigenvalue weighted by Crippen LogP contribution is 2.58. The molecular weight excluding hydrogens is 468 g/mol. The lowest BCUT2D eigenvalue weighted by atomic mass is 9.53. The van der Waals surface area contributed by atoms with Gasteiger partial charge in [-0.25, -0.2) is 0 Å². The summed E-state index contributed by atoms with van der Waals surface area (Å²) in [4.78, 5) is 2.06. The second-order valence-electron chi connectivity index (χ2n) is 13.0. The molecule has 0 heterocycles. The maximum Gasteiger partial charge on any atom is 0.114 e. The van der Waals surface area contributed by atoms with Gasteiger partial charge in [0, 0.05) is 29.5 Å². The summed E-state index contributed by atoms with van der Waals surface area (Å²) in [6, 6.07) is 4.42. The molecule has 7 atom stereocenters. The van der Waals surface area contributed by atoms with Gasteiger partial charge in [0.25, 0.3) is 0 Å². The first kappa shape index (κ1) is 30.4. The van der Waals surface area contributed by atoms with Crippen LogP contribution in [0.1, 0.15) is 89.5 Å². The molecule has 0 bridgehead atoms. The van der Waals surface area contributed by atoms with E-state index in [1.807, 2.05) is 27.9 Å². The number of aliphatic hydroxyl groups excluding tert-OH is 1. The molecule has 0 saturated heterocycles. The van der Waals surface area contributed by atoms with Gasteiger partial charge < -0.3 is 20.8 Å². The van der Waals surface area contributed by atoms with Gasteiger partial charge in [-0.15, -0.1) is 0 Å². The highest BCUT2D eigenvalue weighted by molar-refractivity contribution is 5.86. The first-order chi connectivity index (χ1) is 17.5. The van der Waals surface area contributed by atoms with Gasteiger partial charge in [-0.05, 0) is 97.2 Å². The zero-order valence-corrected chi connectivity index (χ0v) is 25.6. The molecule has 4 nitrogen and oxygen atoms in total. The molecule has 0 amide bonds. The Morgan fingerprint density at radius 2 is 1.76 bits per heavy atom. The average Bonchev–Trinajstić information content (AvgIpc) is 2.83. The van der Waals surface area contributed by atoms with E-state index in [-0.39, 0.29) is 29.2 Å². The highest BCUT2D eigenvalue weighted by atomic mass is 16.3. The van der Waals surface area contributed by atoms with Gasteiger partial charge >= 0.3 is 0 Å². The number of hydrogen-bond acceptors (Lipinski definition) is 4. The fourth-order valence-corrected chi connectivity index (χ4v) is 7.62. The number of nitrogens with two attached hydrogens (primary N) is 1. The Hall–Kier alpha value is -2.14. The normalized spacial score (nSPS) is 29.1. The summed E-state index contributed by atoms with van der Waals surface area (Å²) >= 11 is 0. The van der Waals surface area contributed by atoms with Crippen molar-refractivity contribution in [1.29, 1.82) is 0 Å². The Balaban J connectivity index is 2.36. The molecular formula is C34H52N2O2. The van der Waals surface area contributed by atoms with Crippen molar-refractivity contribution in [2.45, 2.75) is 97.3 Å². The lowest BCUT2D eigenvalue weighted by Crippen LogP contribution is -2.61. The van der Waals surface area contributed by atoms with Gasteiger partial charge in [0.1, 0.15) is 5.60 Å². The molecule has 0 aliphatic heterocycles. The molecule has 0 saturated carbocycles. The van der Waals surface area contributed by atoms with Crippen LogP contribution in [0.25, 0.3) is 5.57 Å². The number of benzene rings is 1. The molecule has 2 aliphatic carbocycles. The van der Waals surface area contributed by atoms with Crippen molar-refractivity contribution < 1.29 is 10.2 Å². The monoisotopic (exact) mass is 520 g/mol. The average molecular weight is 521 g/mol. The topological polar surface area (TPSA) is 69.7 Å². The summed E-state index contributed by atoms with van der Waals surface area (Å²) in [5.41, 5.74) is 13.4. The number of aliphatic hydroxyl groups is 2. The van der Waals surface area contributed by atoms with Crippen LogP contribution in [0.15, 0.2) is 54.3 Å². The molecule has 4 N–H and O–H groups in total. The van der Waals surface area contributed by atoms with Crippen molar-refractivity contribution >= 4 is 5.57 Å². The first-order valence-corrected chi connectivity index (χ1v) is 14.2. The van der Waals surface area contributed by atoms with Crippen LogP contribution in [0, 0.1) is 24.7 Å². The fourth-order valence-electron chi connectivity index (χ4n) is 7.62. The van der Waals surface area contributed by atoms with Crippen molar-refractivity contribution in [3.8, 4) is 0 Å². The van der Waals surface area contributed by atoms with Crippen molar-refractivity contribution in [3.05, 3.63) is 76.5 Å². The molecule has 2 aliphatic rings. The maximum atomic E-state index is 12.7. The summed E-state index contributed by atoms with van der Waals surface area (Å²) < 4.78 is 0. The standard InChI is InChI=1S/C34H52N2O2/c1-14-17-33(10,11)27-16-15-26-19(3)30-29(21(5)28(26)20(27)4)23(7)34(38,22(6)18(2)24(8)35)31(32(30)37)25(9)36(12)13/h15-16,18-19,25,30-32,37-38H,5-6,8,14,17,35H2,1-4,7,9-13H3/t18?,19-,25+,30+,31+,32-,34+/m0/s1. The molecule has 0 spiro atoms. The van der Waals surface area contributed by atoms with E-state index in [9.17, 15) is 10.2 Å². The Bertz CT molecular complexity index is 1170. The summed E-state index contributed by atoms with van der Waals surface area (Å²) in [5.74, 6) is -0.933. The van der Waals surface area contributed by atoms with Gasteiger partial charge in [-0.1, -0.05) is 72.9 Å². The molecule has 210 valence electrons. The fraction of sp³-hybridized carbons (Fsp3) is 0.588. The van der Waals surface area contributed by atoms with Gasteiger partial charge in [-0.2, -0.15) is 0 Å². The van der Waals surface area contributed by atoms with E-state index in [1.54, 1.807) is 0 Å². The van der Waals surface area contributed by atoms with E-state index in [4.69, 9.17) is 5.73 Å². The molecule has 4 heteroatoms. The second-order valence-corrected chi connectivity index (χ2v) is 13.0. The Labute approximate surface area is 232 Å². The van der Waals surface area contributed by atoms with Gasteiger partial charge in [0.15, 0.2) is 0 Å². The number of fused-ring (bicyclic) bond motifs is 2. The van der Waals surface area contributed by atoms with Gasteiger partial charge in [-0.3, -0.25) is 0 Å². The zero-order chi connectivity index (χ0) is 29.1. The van der Waals surface area contributed by atoms with Crippen LogP contribution in [-0.4, -0.2) is 47.0 Å². The number of rotatable bonds is 8. The van der Waals surface area contributed by atoms with E-state index >= 15 is 0 Å². The Kier molecular flexibility index (Phi) is 8.36. The SMILES string of the molecule is C=C1C2=C(C)[C@](O)(C(=C)C(C)C(=C)N)[C@H]([C@@H](C)N(C)C)[C@@H](O)[C@@H]2[C@@H](C)c2ccc(C(C)(C)CCC)c(C)c21. The summed E-state index contributed by atoms with van der Waals surface area (Å²) in [7, 11) is 3.98. The minimum absolute atomic E-state index is 0.0436. The van der Waals surface area contributed by atoms with Crippen molar-refractivity contribution in [2.24, 2.45) is 23.5 Å². The van der Waals surface area contributed by atoms with Gasteiger partial charge in [0.05, 0.1) is 6.10 Å². The van der Waals surface area contributed by atoms with E-state index in [2.05, 4.69) is 78.3 Å². The third kappa shape index (κ3) is 4.43. The Morgan fingerprint density at radius 1 is 1.18 bits per heavy atom. The third-order valence-electron chi connectivity index (χ3n) is 10.2. The van der Waals surface area contributed by atoms with E-state index in [1.165, 1.54) is 22.3 Å². The summed E-state index contributed by atoms with van der Waals surface area (Å²) in [6.45, 7) is 30.2. The van der Waals surface area contributed by atoms with Crippen LogP contribution in [0.4, 0.5) is 0 Å². The molecule has 1 aromatic carbocycles. The van der Waals surface area contributed by atoms with Crippen LogP contribution >= 0.6 is 0 Å². The molecule has 1 unspecified atom stereocenters. The van der Waals surface area contributed by atoms with Crippen molar-refractivity contribution in [3.63, 3.8) is 0 Å². The minimum Gasteiger partial charge on any atom is -0.402 e. The quantitative estimate of drug-likeness (QED) is 0.344. The number of allylic oxidation sites excluding steroid dienone is 2. The summed E-state index contributed by atoms with van der Waals surface area (Å²) in [6.07, 6.45) is 1.41. The number of hydrogen-bond donors (Lipinski definition) is 3. The molecule has 0 fully saturated rings. The van der Waals surface area contributed by atoms with Crippen LogP contribution in [0.5, 0.6) is 0 Å². The lowest BCUT2D eigenvalue weighted by molar-refractivity contribution is -0.0875. The highest BCUT2D eigenvalue weighted by Gasteiger charge is 2.58. The molecule has 3 rings (SSSR count). The molecule has 0 radical (unpaired) electrons. The van der Waals surface area contributed by atoms with E-state index in [0.29, 0.717) is 11.3 Å². The third-order valence-corrected chi connectivity index (χ3v) is 10.2. The predicted molar refractivity (Wildman–Crippen MR) is 162 cm³/mol. The smallest absolute Gasteiger partial charge is 0.114 e. The largest absolute Gasteiger partial charge is 0.402 e. The minimum atomic E-state index is -1.47. The van der Waals surface area contributed by atoms with Crippen LogP contribution in [-0.2, 0) is 5.41 Å². The molecule has 38 heavy (non-hydrogen) atoms. The summed E-state index contributed by atoms with van der Waals surface area (Å²) in [5, 5.41) is 24.9. The van der Waals surface area contributed by atoms with Crippen molar-refractivity contribution in [1.82, 2.24) is 4.90 Å². The van der Waals surface area contributed by atoms with Crippen LogP contribution in [0.2, 0.25) is 0 Å². The lowest BCUT2D eigenvalue weighted by Gasteiger charge is -2.56.